The monoisotopic (exact) mass is 379 g/mol. The quantitative estimate of drug-likeness (QED) is 0.446. The van der Waals surface area contributed by atoms with E-state index in [0.717, 1.165) is 31.1 Å². The Kier molecular flexibility index (Phi) is 8.01. The molecule has 0 unspecified atom stereocenters. The fourth-order valence-electron chi connectivity index (χ4n) is 5.69. The average molecular weight is 380 g/mol. The van der Waals surface area contributed by atoms with Gasteiger partial charge in [0.05, 0.1) is 11.5 Å². The molecule has 2 saturated carbocycles. The number of nitrogens with zero attached hydrogens (tertiary/aromatic N) is 1. The third-order valence-electron chi connectivity index (χ3n) is 8.02. The highest BCUT2D eigenvalue weighted by molar-refractivity contribution is 5.26. The van der Waals surface area contributed by atoms with E-state index in [-0.39, 0.29) is 5.41 Å². The minimum atomic E-state index is -0.0246. The number of hydrogen-bond acceptors (Lipinski definition) is 1. The standard InChI is InChI=1S/C27H41N/c1-3-5-18-27(21-28)19-16-26(17-20-27)25-14-12-24(13-15-25)11-10-23-8-6-22(4-2)7-9-23/h12-15,22-23,26H,3-11,16-20H2,1-2H3. The summed E-state index contributed by atoms with van der Waals surface area (Å²) >= 11 is 0. The molecule has 1 aromatic rings. The minimum Gasteiger partial charge on any atom is -0.198 e. The molecule has 1 nitrogen and oxygen atoms in total. The smallest absolute Gasteiger partial charge is 0.0689 e. The van der Waals surface area contributed by atoms with Crippen LogP contribution in [0.5, 0.6) is 0 Å². The molecule has 0 amide bonds. The van der Waals surface area contributed by atoms with Crippen LogP contribution < -0.4 is 0 Å². The van der Waals surface area contributed by atoms with E-state index in [2.05, 4.69) is 44.2 Å². The average Bonchev–Trinajstić information content (AvgIpc) is 2.77. The molecule has 0 saturated heterocycles. The lowest BCUT2D eigenvalue weighted by atomic mass is 9.67. The summed E-state index contributed by atoms with van der Waals surface area (Å²) in [5.74, 6) is 2.64. The normalized spacial score (nSPS) is 30.7. The van der Waals surface area contributed by atoms with Crippen LogP contribution >= 0.6 is 0 Å². The Bertz CT molecular complexity index is 607. The first-order chi connectivity index (χ1) is 13.7. The predicted molar refractivity (Wildman–Crippen MR) is 119 cm³/mol. The van der Waals surface area contributed by atoms with Crippen LogP contribution in [0, 0.1) is 28.6 Å². The molecule has 0 heterocycles. The highest BCUT2D eigenvalue weighted by Crippen LogP contribution is 2.45. The van der Waals surface area contributed by atoms with Crippen LogP contribution in [0.15, 0.2) is 24.3 Å². The summed E-state index contributed by atoms with van der Waals surface area (Å²) in [5.41, 5.74) is 3.00. The predicted octanol–water partition coefficient (Wildman–Crippen LogP) is 8.19. The summed E-state index contributed by atoms with van der Waals surface area (Å²) in [6.07, 6.45) is 17.9. The van der Waals surface area contributed by atoms with Crippen LogP contribution in [-0.4, -0.2) is 0 Å². The second kappa shape index (κ2) is 10.5. The lowest BCUT2D eigenvalue weighted by Gasteiger charge is -2.35. The first kappa shape index (κ1) is 21.4. The first-order valence-corrected chi connectivity index (χ1v) is 12.2. The summed E-state index contributed by atoms with van der Waals surface area (Å²) in [5, 5.41) is 9.71. The van der Waals surface area contributed by atoms with Gasteiger partial charge in [-0.15, -0.1) is 0 Å². The maximum Gasteiger partial charge on any atom is 0.0689 e. The fraction of sp³-hybridized carbons (Fsp3) is 0.741. The Labute approximate surface area is 173 Å². The van der Waals surface area contributed by atoms with E-state index >= 15 is 0 Å². The van der Waals surface area contributed by atoms with Crippen LogP contribution in [0.4, 0.5) is 0 Å². The summed E-state index contributed by atoms with van der Waals surface area (Å²) in [4.78, 5) is 0. The maximum absolute atomic E-state index is 9.71. The van der Waals surface area contributed by atoms with Gasteiger partial charge in [-0.2, -0.15) is 5.26 Å². The molecule has 0 radical (unpaired) electrons. The van der Waals surface area contributed by atoms with Crippen molar-refractivity contribution in [3.8, 4) is 6.07 Å². The van der Waals surface area contributed by atoms with Crippen molar-refractivity contribution < 1.29 is 0 Å². The zero-order valence-electron chi connectivity index (χ0n) is 18.4. The van der Waals surface area contributed by atoms with E-state index in [9.17, 15) is 5.26 Å². The highest BCUT2D eigenvalue weighted by atomic mass is 14.4. The van der Waals surface area contributed by atoms with Gasteiger partial charge in [0.15, 0.2) is 0 Å². The van der Waals surface area contributed by atoms with Crippen molar-refractivity contribution in [1.29, 1.82) is 5.26 Å². The van der Waals surface area contributed by atoms with Crippen LogP contribution in [-0.2, 0) is 6.42 Å². The Morgan fingerprint density at radius 2 is 1.57 bits per heavy atom. The number of hydrogen-bond donors (Lipinski definition) is 0. The van der Waals surface area contributed by atoms with E-state index in [1.54, 1.807) is 0 Å². The van der Waals surface area contributed by atoms with Crippen molar-refractivity contribution in [2.45, 2.75) is 110 Å². The molecule has 2 fully saturated rings. The second-order valence-electron chi connectivity index (χ2n) is 9.85. The van der Waals surface area contributed by atoms with E-state index in [1.165, 1.54) is 81.8 Å². The molecule has 154 valence electrons. The zero-order chi connectivity index (χ0) is 19.8. The Balaban J connectivity index is 1.45. The fourth-order valence-corrected chi connectivity index (χ4v) is 5.69. The van der Waals surface area contributed by atoms with Crippen molar-refractivity contribution in [2.75, 3.05) is 0 Å². The maximum atomic E-state index is 9.71. The molecule has 1 aromatic carbocycles. The van der Waals surface area contributed by atoms with Gasteiger partial charge >= 0.3 is 0 Å². The second-order valence-corrected chi connectivity index (χ2v) is 9.85. The van der Waals surface area contributed by atoms with Crippen LogP contribution in [0.2, 0.25) is 0 Å². The van der Waals surface area contributed by atoms with Gasteiger partial charge in [0.25, 0.3) is 0 Å². The molecule has 3 rings (SSSR count). The number of nitriles is 1. The molecule has 0 N–H and O–H groups in total. The highest BCUT2D eigenvalue weighted by Gasteiger charge is 2.35. The Hall–Kier alpha value is -1.29. The Morgan fingerprint density at radius 1 is 0.929 bits per heavy atom. The van der Waals surface area contributed by atoms with Gasteiger partial charge in [0, 0.05) is 0 Å². The molecular weight excluding hydrogens is 338 g/mol. The summed E-state index contributed by atoms with van der Waals surface area (Å²) in [7, 11) is 0. The lowest BCUT2D eigenvalue weighted by molar-refractivity contribution is 0.224. The molecule has 0 aliphatic heterocycles. The third kappa shape index (κ3) is 5.62. The van der Waals surface area contributed by atoms with Gasteiger partial charge in [-0.25, -0.2) is 0 Å². The van der Waals surface area contributed by atoms with Gasteiger partial charge in [-0.3, -0.25) is 0 Å². The van der Waals surface area contributed by atoms with Crippen molar-refractivity contribution in [1.82, 2.24) is 0 Å². The van der Waals surface area contributed by atoms with Crippen molar-refractivity contribution in [3.63, 3.8) is 0 Å². The topological polar surface area (TPSA) is 23.8 Å². The third-order valence-corrected chi connectivity index (χ3v) is 8.02. The summed E-state index contributed by atoms with van der Waals surface area (Å²) in [6, 6.07) is 12.2. The number of aryl methyl sites for hydroxylation is 1. The van der Waals surface area contributed by atoms with Gasteiger partial charge < -0.3 is 0 Å². The number of unbranched alkanes of at least 4 members (excludes halogenated alkanes) is 1. The van der Waals surface area contributed by atoms with Crippen molar-refractivity contribution >= 4 is 0 Å². The van der Waals surface area contributed by atoms with E-state index in [4.69, 9.17) is 0 Å². The molecule has 1 heteroatoms. The van der Waals surface area contributed by atoms with Crippen molar-refractivity contribution in [3.05, 3.63) is 35.4 Å². The molecule has 0 aromatic heterocycles. The number of benzene rings is 1. The summed E-state index contributed by atoms with van der Waals surface area (Å²) in [6.45, 7) is 4.58. The zero-order valence-corrected chi connectivity index (χ0v) is 18.4. The Morgan fingerprint density at radius 3 is 2.14 bits per heavy atom. The van der Waals surface area contributed by atoms with Gasteiger partial charge in [0.1, 0.15) is 0 Å². The molecule has 0 bridgehead atoms. The SMILES string of the molecule is CCCCC1(C#N)CCC(c2ccc(CCC3CCC(CC)CC3)cc2)CC1. The first-order valence-electron chi connectivity index (χ1n) is 12.2. The van der Waals surface area contributed by atoms with Crippen molar-refractivity contribution in [2.24, 2.45) is 17.3 Å². The summed E-state index contributed by atoms with van der Waals surface area (Å²) < 4.78 is 0. The minimum absolute atomic E-state index is 0.0246. The molecule has 2 aliphatic rings. The number of rotatable bonds is 8. The van der Waals surface area contributed by atoms with Gasteiger partial charge in [-0.05, 0) is 73.8 Å². The van der Waals surface area contributed by atoms with E-state index in [0.29, 0.717) is 5.92 Å². The molecule has 2 aliphatic carbocycles. The lowest BCUT2D eigenvalue weighted by Crippen LogP contribution is -2.25. The van der Waals surface area contributed by atoms with Crippen LogP contribution in [0.3, 0.4) is 0 Å². The van der Waals surface area contributed by atoms with Crippen LogP contribution in [0.1, 0.15) is 114 Å². The molecule has 28 heavy (non-hydrogen) atoms. The van der Waals surface area contributed by atoms with E-state index < -0.39 is 0 Å². The molecule has 0 spiro atoms. The largest absolute Gasteiger partial charge is 0.198 e. The molecule has 0 atom stereocenters. The van der Waals surface area contributed by atoms with Gasteiger partial charge in [-0.1, -0.05) is 83.1 Å². The van der Waals surface area contributed by atoms with Crippen LogP contribution in [0.25, 0.3) is 0 Å². The van der Waals surface area contributed by atoms with E-state index in [1.807, 2.05) is 0 Å². The van der Waals surface area contributed by atoms with Gasteiger partial charge in [0.2, 0.25) is 0 Å². The molecular formula is C27H41N.